The molecular weight excluding hydrogens is 320 g/mol. The van der Waals surface area contributed by atoms with Gasteiger partial charge in [0.15, 0.2) is 17.6 Å². The number of carbonyl (C=O) groups is 1. The zero-order valence-corrected chi connectivity index (χ0v) is 14.7. The van der Waals surface area contributed by atoms with Crippen LogP contribution in [0.5, 0.6) is 17.2 Å². The van der Waals surface area contributed by atoms with E-state index in [2.05, 4.69) is 0 Å². The predicted molar refractivity (Wildman–Crippen MR) is 93.4 cm³/mol. The van der Waals surface area contributed by atoms with Crippen molar-refractivity contribution >= 4 is 5.97 Å². The molecule has 0 amide bonds. The van der Waals surface area contributed by atoms with Gasteiger partial charge in [-0.15, -0.1) is 0 Å². The zero-order chi connectivity index (χ0) is 17.8. The SMILES string of the molecule is CCOc1cc2c(cc1OCC)[C@@H](c1ccc(OC)cc1)OC(=O)C2. The lowest BCUT2D eigenvalue weighted by Gasteiger charge is -2.27. The molecule has 1 aliphatic rings. The van der Waals surface area contributed by atoms with Crippen LogP contribution >= 0.6 is 0 Å². The fourth-order valence-electron chi connectivity index (χ4n) is 2.97. The summed E-state index contributed by atoms with van der Waals surface area (Å²) in [5.74, 6) is 1.83. The van der Waals surface area contributed by atoms with E-state index in [0.717, 1.165) is 22.4 Å². The third-order valence-electron chi connectivity index (χ3n) is 4.09. The third kappa shape index (κ3) is 3.55. The summed E-state index contributed by atoms with van der Waals surface area (Å²) in [6.07, 6.45) is -0.230. The molecule has 3 rings (SSSR count). The number of hydrogen-bond donors (Lipinski definition) is 0. The van der Waals surface area contributed by atoms with E-state index in [4.69, 9.17) is 18.9 Å². The monoisotopic (exact) mass is 342 g/mol. The van der Waals surface area contributed by atoms with Crippen LogP contribution in [0, 0.1) is 0 Å². The highest BCUT2D eigenvalue weighted by molar-refractivity contribution is 5.77. The lowest BCUT2D eigenvalue weighted by atomic mass is 9.92. The minimum Gasteiger partial charge on any atom is -0.497 e. The summed E-state index contributed by atoms with van der Waals surface area (Å²) in [4.78, 5) is 12.1. The molecule has 1 atom stereocenters. The van der Waals surface area contributed by atoms with Crippen LogP contribution in [-0.2, 0) is 16.0 Å². The maximum absolute atomic E-state index is 12.1. The summed E-state index contributed by atoms with van der Waals surface area (Å²) in [6, 6.07) is 11.3. The number of ether oxygens (including phenoxy) is 4. The van der Waals surface area contributed by atoms with Gasteiger partial charge in [0.05, 0.1) is 26.7 Å². The van der Waals surface area contributed by atoms with Crippen molar-refractivity contribution in [2.45, 2.75) is 26.4 Å². The van der Waals surface area contributed by atoms with Gasteiger partial charge in [-0.05, 0) is 49.2 Å². The fourth-order valence-corrected chi connectivity index (χ4v) is 2.97. The van der Waals surface area contributed by atoms with E-state index < -0.39 is 6.10 Å². The van der Waals surface area contributed by atoms with Gasteiger partial charge in [-0.3, -0.25) is 4.79 Å². The first-order valence-corrected chi connectivity index (χ1v) is 8.42. The summed E-state index contributed by atoms with van der Waals surface area (Å²) in [5.41, 5.74) is 2.72. The normalized spacial score (nSPS) is 16.0. The Morgan fingerprint density at radius 3 is 2.28 bits per heavy atom. The van der Waals surface area contributed by atoms with Crippen LogP contribution in [0.15, 0.2) is 36.4 Å². The number of cyclic esters (lactones) is 1. The van der Waals surface area contributed by atoms with Crippen molar-refractivity contribution in [3.8, 4) is 17.2 Å². The van der Waals surface area contributed by atoms with E-state index in [-0.39, 0.29) is 12.4 Å². The van der Waals surface area contributed by atoms with E-state index in [1.165, 1.54) is 0 Å². The van der Waals surface area contributed by atoms with E-state index in [1.54, 1.807) is 7.11 Å². The minimum absolute atomic E-state index is 0.231. The van der Waals surface area contributed by atoms with Crippen LogP contribution in [0.4, 0.5) is 0 Å². The fraction of sp³-hybridized carbons (Fsp3) is 0.350. The molecule has 0 unspecified atom stereocenters. The smallest absolute Gasteiger partial charge is 0.311 e. The van der Waals surface area contributed by atoms with E-state index in [0.29, 0.717) is 24.7 Å². The molecule has 0 N–H and O–H groups in total. The number of hydrogen-bond acceptors (Lipinski definition) is 5. The van der Waals surface area contributed by atoms with Gasteiger partial charge in [0, 0.05) is 5.56 Å². The molecule has 0 fully saturated rings. The molecule has 1 aliphatic heterocycles. The molecule has 0 saturated heterocycles. The van der Waals surface area contributed by atoms with Crippen LogP contribution in [0.1, 0.15) is 36.6 Å². The highest BCUT2D eigenvalue weighted by Gasteiger charge is 2.30. The second kappa shape index (κ2) is 7.47. The number of esters is 1. The first-order chi connectivity index (χ1) is 12.2. The lowest BCUT2D eigenvalue weighted by molar-refractivity contribution is -0.148. The number of benzene rings is 2. The molecule has 5 heteroatoms. The van der Waals surface area contributed by atoms with Crippen LogP contribution in [0.3, 0.4) is 0 Å². The molecule has 2 aromatic carbocycles. The Morgan fingerprint density at radius 2 is 1.68 bits per heavy atom. The molecule has 0 bridgehead atoms. The number of methoxy groups -OCH3 is 1. The number of fused-ring (bicyclic) bond motifs is 1. The van der Waals surface area contributed by atoms with Crippen molar-refractivity contribution in [2.75, 3.05) is 20.3 Å². The Bertz CT molecular complexity index is 751. The van der Waals surface area contributed by atoms with Gasteiger partial charge >= 0.3 is 5.97 Å². The Morgan fingerprint density at radius 1 is 1.04 bits per heavy atom. The largest absolute Gasteiger partial charge is 0.497 e. The number of rotatable bonds is 6. The summed E-state index contributed by atoms with van der Waals surface area (Å²) in [5, 5.41) is 0. The van der Waals surface area contributed by atoms with Crippen molar-refractivity contribution in [2.24, 2.45) is 0 Å². The Kier molecular flexibility index (Phi) is 5.12. The van der Waals surface area contributed by atoms with Gasteiger partial charge in [-0.25, -0.2) is 0 Å². The highest BCUT2D eigenvalue weighted by Crippen LogP contribution is 2.40. The molecule has 25 heavy (non-hydrogen) atoms. The van der Waals surface area contributed by atoms with Crippen molar-refractivity contribution < 1.29 is 23.7 Å². The number of carbonyl (C=O) groups excluding carboxylic acids is 1. The Hall–Kier alpha value is -2.69. The molecule has 1 heterocycles. The summed E-state index contributed by atoms with van der Waals surface area (Å²) in [6.45, 7) is 4.91. The van der Waals surface area contributed by atoms with Gasteiger partial charge in [0.25, 0.3) is 0 Å². The van der Waals surface area contributed by atoms with Gasteiger partial charge in [0.2, 0.25) is 0 Å². The summed E-state index contributed by atoms with van der Waals surface area (Å²) in [7, 11) is 1.62. The van der Waals surface area contributed by atoms with Gasteiger partial charge < -0.3 is 18.9 Å². The second-order valence-electron chi connectivity index (χ2n) is 5.68. The molecule has 132 valence electrons. The first kappa shape index (κ1) is 17.1. The van der Waals surface area contributed by atoms with E-state index in [9.17, 15) is 4.79 Å². The standard InChI is InChI=1S/C20H22O5/c1-4-23-17-10-14-11-19(21)25-20(16(14)12-18(17)24-5-2)13-6-8-15(22-3)9-7-13/h6-10,12,20H,4-5,11H2,1-3H3/t20-/m1/s1. The molecule has 0 saturated carbocycles. The zero-order valence-electron chi connectivity index (χ0n) is 14.7. The maximum Gasteiger partial charge on any atom is 0.311 e. The summed E-state index contributed by atoms with van der Waals surface area (Å²) < 4.78 is 22.2. The van der Waals surface area contributed by atoms with Crippen LogP contribution < -0.4 is 14.2 Å². The Labute approximate surface area is 147 Å². The average molecular weight is 342 g/mol. The first-order valence-electron chi connectivity index (χ1n) is 8.42. The lowest BCUT2D eigenvalue weighted by Crippen LogP contribution is -2.22. The molecule has 0 aromatic heterocycles. The van der Waals surface area contributed by atoms with Crippen molar-refractivity contribution in [1.82, 2.24) is 0 Å². The average Bonchev–Trinajstić information content (AvgIpc) is 2.62. The third-order valence-corrected chi connectivity index (χ3v) is 4.09. The minimum atomic E-state index is -0.461. The van der Waals surface area contributed by atoms with Gasteiger partial charge in [-0.1, -0.05) is 12.1 Å². The van der Waals surface area contributed by atoms with E-state index in [1.807, 2.05) is 50.2 Å². The van der Waals surface area contributed by atoms with Crippen LogP contribution in [-0.4, -0.2) is 26.3 Å². The quantitative estimate of drug-likeness (QED) is 0.750. The van der Waals surface area contributed by atoms with Crippen LogP contribution in [0.25, 0.3) is 0 Å². The molecule has 5 nitrogen and oxygen atoms in total. The Balaban J connectivity index is 2.05. The maximum atomic E-state index is 12.1. The predicted octanol–water partition coefficient (Wildman–Crippen LogP) is 3.68. The molecule has 0 aliphatic carbocycles. The van der Waals surface area contributed by atoms with Crippen molar-refractivity contribution in [1.29, 1.82) is 0 Å². The molecule has 2 aromatic rings. The van der Waals surface area contributed by atoms with E-state index >= 15 is 0 Å². The van der Waals surface area contributed by atoms with Gasteiger partial charge in [0.1, 0.15) is 5.75 Å². The molecular formula is C20H22O5. The van der Waals surface area contributed by atoms with Crippen LogP contribution in [0.2, 0.25) is 0 Å². The van der Waals surface area contributed by atoms with Crippen molar-refractivity contribution in [3.05, 3.63) is 53.1 Å². The topological polar surface area (TPSA) is 54.0 Å². The molecule has 0 spiro atoms. The molecule has 0 radical (unpaired) electrons. The highest BCUT2D eigenvalue weighted by atomic mass is 16.5. The van der Waals surface area contributed by atoms with Crippen molar-refractivity contribution in [3.63, 3.8) is 0 Å². The second-order valence-corrected chi connectivity index (χ2v) is 5.68. The summed E-state index contributed by atoms with van der Waals surface area (Å²) >= 11 is 0. The van der Waals surface area contributed by atoms with Gasteiger partial charge in [-0.2, -0.15) is 0 Å².